The number of fused-ring (bicyclic) bond motifs is 1. The molecule has 0 aromatic rings. The first-order chi connectivity index (χ1) is 6.54. The number of carbonyl (C=O) groups is 2. The topological polar surface area (TPSA) is 34.1 Å². The molecular weight excluding hydrogens is 176 g/mol. The van der Waals surface area contributed by atoms with Crippen LogP contribution in [0.25, 0.3) is 0 Å². The van der Waals surface area contributed by atoms with Crippen molar-refractivity contribution in [3.8, 4) is 0 Å². The van der Waals surface area contributed by atoms with E-state index in [9.17, 15) is 9.59 Å². The molecule has 3 unspecified atom stereocenters. The lowest BCUT2D eigenvalue weighted by atomic mass is 9.62. The van der Waals surface area contributed by atoms with Gasteiger partial charge in [0.15, 0.2) is 5.78 Å². The van der Waals surface area contributed by atoms with Crippen LogP contribution in [0.2, 0.25) is 0 Å². The third kappa shape index (κ3) is 1.03. The summed E-state index contributed by atoms with van der Waals surface area (Å²) in [6.45, 7) is 5.53. The van der Waals surface area contributed by atoms with E-state index in [0.29, 0.717) is 0 Å². The number of carbonyl (C=O) groups excluding carboxylic acids is 2. The molecule has 14 heavy (non-hydrogen) atoms. The molecule has 0 bridgehead atoms. The van der Waals surface area contributed by atoms with Crippen LogP contribution in [-0.4, -0.2) is 11.6 Å². The predicted octanol–water partition coefficient (Wildman–Crippen LogP) is 1.91. The van der Waals surface area contributed by atoms with Crippen molar-refractivity contribution in [3.63, 3.8) is 0 Å². The van der Waals surface area contributed by atoms with E-state index in [1.165, 1.54) is 12.5 Å². The zero-order valence-corrected chi connectivity index (χ0v) is 8.70. The minimum Gasteiger partial charge on any atom is -0.299 e. The number of Topliss-reactive ketones (excluding diaryl/α,β-unsaturated/α-hetero) is 2. The zero-order chi connectivity index (χ0) is 10.5. The van der Waals surface area contributed by atoms with Crippen LogP contribution in [0.15, 0.2) is 23.3 Å². The first-order valence-corrected chi connectivity index (χ1v) is 4.93. The molecule has 2 rings (SSSR count). The second kappa shape index (κ2) is 2.91. The number of allylic oxidation sites excluding steroid dienone is 4. The van der Waals surface area contributed by atoms with Crippen molar-refractivity contribution >= 4 is 11.6 Å². The fraction of sp³-hybridized carbons (Fsp3) is 0.500. The van der Waals surface area contributed by atoms with Crippen molar-refractivity contribution in [2.45, 2.75) is 20.8 Å². The van der Waals surface area contributed by atoms with E-state index < -0.39 is 0 Å². The lowest BCUT2D eigenvalue weighted by Gasteiger charge is -2.37. The van der Waals surface area contributed by atoms with Gasteiger partial charge < -0.3 is 0 Å². The maximum absolute atomic E-state index is 11.7. The molecule has 2 nitrogen and oxygen atoms in total. The molecule has 0 heterocycles. The standard InChI is InChI=1S/C12H14O2/c1-6(2)8-4-5-9-10(7(3)13)12(14)11(8)9/h4-5,9-11H,1-3H3. The molecule has 0 amide bonds. The molecule has 0 aliphatic heterocycles. The maximum atomic E-state index is 11.7. The lowest BCUT2D eigenvalue weighted by molar-refractivity contribution is -0.144. The largest absolute Gasteiger partial charge is 0.299 e. The number of hydrogen-bond acceptors (Lipinski definition) is 2. The molecule has 1 fully saturated rings. The highest BCUT2D eigenvalue weighted by atomic mass is 16.2. The minimum absolute atomic E-state index is 0.00565. The van der Waals surface area contributed by atoms with Gasteiger partial charge in [0.05, 0.1) is 11.8 Å². The van der Waals surface area contributed by atoms with Crippen molar-refractivity contribution in [1.29, 1.82) is 0 Å². The van der Waals surface area contributed by atoms with Crippen molar-refractivity contribution in [2.75, 3.05) is 0 Å². The Bertz CT molecular complexity index is 370. The highest BCUT2D eigenvalue weighted by molar-refractivity contribution is 6.10. The summed E-state index contributed by atoms with van der Waals surface area (Å²) in [5.41, 5.74) is 2.31. The van der Waals surface area contributed by atoms with E-state index in [4.69, 9.17) is 0 Å². The summed E-state index contributed by atoms with van der Waals surface area (Å²) < 4.78 is 0. The van der Waals surface area contributed by atoms with E-state index in [1.54, 1.807) is 0 Å². The number of hydrogen-bond donors (Lipinski definition) is 0. The summed E-state index contributed by atoms with van der Waals surface area (Å²) in [6.07, 6.45) is 4.02. The van der Waals surface area contributed by atoms with E-state index in [-0.39, 0.29) is 29.3 Å². The minimum atomic E-state index is -0.354. The van der Waals surface area contributed by atoms with Gasteiger partial charge in [0.25, 0.3) is 0 Å². The predicted molar refractivity (Wildman–Crippen MR) is 53.7 cm³/mol. The summed E-state index contributed by atoms with van der Waals surface area (Å²) in [7, 11) is 0. The molecule has 0 radical (unpaired) electrons. The molecular formula is C12H14O2. The Morgan fingerprint density at radius 3 is 2.43 bits per heavy atom. The SMILES string of the molecule is CC(=O)C1C(=O)C2C(=C(C)C)C=CC12. The molecule has 3 atom stereocenters. The zero-order valence-electron chi connectivity index (χ0n) is 8.70. The Balaban J connectivity index is 2.30. The first-order valence-electron chi connectivity index (χ1n) is 4.93. The monoisotopic (exact) mass is 190 g/mol. The van der Waals surface area contributed by atoms with Gasteiger partial charge in [-0.15, -0.1) is 0 Å². The van der Waals surface area contributed by atoms with Gasteiger partial charge in [-0.3, -0.25) is 9.59 Å². The van der Waals surface area contributed by atoms with Gasteiger partial charge in [0.2, 0.25) is 0 Å². The summed E-state index contributed by atoms with van der Waals surface area (Å²) in [4.78, 5) is 22.9. The number of rotatable bonds is 1. The van der Waals surface area contributed by atoms with E-state index in [2.05, 4.69) is 0 Å². The molecule has 0 spiro atoms. The normalized spacial score (nSPS) is 34.1. The van der Waals surface area contributed by atoms with Gasteiger partial charge in [-0.1, -0.05) is 17.7 Å². The van der Waals surface area contributed by atoms with Crippen molar-refractivity contribution in [1.82, 2.24) is 0 Å². The molecule has 2 aliphatic carbocycles. The van der Waals surface area contributed by atoms with Crippen LogP contribution in [-0.2, 0) is 9.59 Å². The molecule has 0 N–H and O–H groups in total. The third-order valence-corrected chi connectivity index (χ3v) is 3.23. The van der Waals surface area contributed by atoms with Gasteiger partial charge >= 0.3 is 0 Å². The molecule has 0 saturated heterocycles. The van der Waals surface area contributed by atoms with Crippen LogP contribution in [0.5, 0.6) is 0 Å². The van der Waals surface area contributed by atoms with Crippen LogP contribution in [0.1, 0.15) is 20.8 Å². The Labute approximate surface area is 83.7 Å². The molecule has 74 valence electrons. The molecule has 0 aromatic carbocycles. The van der Waals surface area contributed by atoms with Crippen LogP contribution in [0.3, 0.4) is 0 Å². The van der Waals surface area contributed by atoms with Crippen LogP contribution < -0.4 is 0 Å². The van der Waals surface area contributed by atoms with Crippen molar-refractivity contribution in [2.24, 2.45) is 17.8 Å². The van der Waals surface area contributed by atoms with Gasteiger partial charge in [-0.05, 0) is 26.3 Å². The summed E-state index contributed by atoms with van der Waals surface area (Å²) >= 11 is 0. The average Bonchev–Trinajstić information content (AvgIpc) is 2.42. The summed E-state index contributed by atoms with van der Waals surface area (Å²) in [5, 5.41) is 0. The second-order valence-electron chi connectivity index (χ2n) is 4.36. The third-order valence-electron chi connectivity index (χ3n) is 3.23. The fourth-order valence-corrected chi connectivity index (χ4v) is 2.50. The maximum Gasteiger partial charge on any atom is 0.152 e. The number of ketones is 2. The van der Waals surface area contributed by atoms with Gasteiger partial charge in [-0.2, -0.15) is 0 Å². The Morgan fingerprint density at radius 1 is 1.29 bits per heavy atom. The molecule has 2 aliphatic rings. The van der Waals surface area contributed by atoms with Crippen LogP contribution in [0.4, 0.5) is 0 Å². The van der Waals surface area contributed by atoms with E-state index >= 15 is 0 Å². The highest BCUT2D eigenvalue weighted by Gasteiger charge is 2.53. The lowest BCUT2D eigenvalue weighted by Crippen LogP contribution is -2.48. The van der Waals surface area contributed by atoms with Gasteiger partial charge in [0.1, 0.15) is 5.78 Å². The van der Waals surface area contributed by atoms with Crippen LogP contribution in [0, 0.1) is 17.8 Å². The van der Waals surface area contributed by atoms with Gasteiger partial charge in [-0.25, -0.2) is 0 Å². The fourth-order valence-electron chi connectivity index (χ4n) is 2.50. The van der Waals surface area contributed by atoms with Crippen molar-refractivity contribution in [3.05, 3.63) is 23.3 Å². The molecule has 1 saturated carbocycles. The van der Waals surface area contributed by atoms with Gasteiger partial charge in [0, 0.05) is 5.92 Å². The summed E-state index contributed by atoms with van der Waals surface area (Å²) in [6, 6.07) is 0. The van der Waals surface area contributed by atoms with E-state index in [0.717, 1.165) is 5.57 Å². The Morgan fingerprint density at radius 2 is 1.93 bits per heavy atom. The first kappa shape index (κ1) is 9.38. The van der Waals surface area contributed by atoms with Crippen LogP contribution >= 0.6 is 0 Å². The smallest absolute Gasteiger partial charge is 0.152 e. The van der Waals surface area contributed by atoms with Crippen molar-refractivity contribution < 1.29 is 9.59 Å². The second-order valence-corrected chi connectivity index (χ2v) is 4.36. The summed E-state index contributed by atoms with van der Waals surface area (Å²) in [5.74, 6) is -0.0773. The quantitative estimate of drug-likeness (QED) is 0.592. The molecule has 0 aromatic heterocycles. The molecule has 2 heteroatoms. The average molecular weight is 190 g/mol. The Kier molecular flexibility index (Phi) is 1.95. The highest BCUT2D eigenvalue weighted by Crippen LogP contribution is 2.48. The van der Waals surface area contributed by atoms with E-state index in [1.807, 2.05) is 26.0 Å². The Hall–Kier alpha value is -1.18.